The monoisotopic (exact) mass is 438 g/mol. The molecule has 0 bridgehead atoms. The van der Waals surface area contributed by atoms with Crippen molar-refractivity contribution < 1.29 is 14.4 Å². The average Bonchev–Trinajstić information content (AvgIpc) is 2.71. The second kappa shape index (κ2) is 8.86. The van der Waals surface area contributed by atoms with Gasteiger partial charge in [0.15, 0.2) is 5.11 Å². The van der Waals surface area contributed by atoms with Crippen LogP contribution in [0.4, 0.5) is 11.4 Å². The Balaban J connectivity index is 1.87. The summed E-state index contributed by atoms with van der Waals surface area (Å²) >= 11 is 11.2. The van der Waals surface area contributed by atoms with E-state index < -0.39 is 23.6 Å². The first-order valence-electron chi connectivity index (χ1n) is 8.75. The summed E-state index contributed by atoms with van der Waals surface area (Å²) in [6.45, 7) is 1.81. The predicted octanol–water partition coefficient (Wildman–Crippen LogP) is 3.10. The van der Waals surface area contributed by atoms with Crippen LogP contribution in [0.5, 0.6) is 0 Å². The van der Waals surface area contributed by atoms with Gasteiger partial charge >= 0.3 is 0 Å². The number of rotatable bonds is 4. The van der Waals surface area contributed by atoms with Crippen LogP contribution >= 0.6 is 23.8 Å². The van der Waals surface area contributed by atoms with Gasteiger partial charge in [-0.25, -0.2) is 0 Å². The van der Waals surface area contributed by atoms with Crippen LogP contribution < -0.4 is 15.5 Å². The van der Waals surface area contributed by atoms with E-state index in [0.29, 0.717) is 16.4 Å². The Bertz CT molecular complexity index is 1120. The lowest BCUT2D eigenvalue weighted by molar-refractivity contribution is -0.131. The molecule has 2 aromatic carbocycles. The van der Waals surface area contributed by atoms with Crippen LogP contribution in [-0.4, -0.2) is 22.8 Å². The lowest BCUT2D eigenvalue weighted by atomic mass is 10.0. The van der Waals surface area contributed by atoms with Crippen LogP contribution in [-0.2, 0) is 14.4 Å². The highest BCUT2D eigenvalue weighted by Crippen LogP contribution is 2.23. The molecule has 1 aliphatic heterocycles. The fourth-order valence-electron chi connectivity index (χ4n) is 2.76. The molecular formula is C21H15ClN4O3S. The molecule has 9 heteroatoms. The number of nitriles is 1. The Morgan fingerprint density at radius 1 is 1.27 bits per heavy atom. The number of thiocarbonyl (C=S) groups is 1. The summed E-state index contributed by atoms with van der Waals surface area (Å²) in [6.07, 6.45) is 1.03. The summed E-state index contributed by atoms with van der Waals surface area (Å²) in [7, 11) is 0. The maximum absolute atomic E-state index is 12.9. The summed E-state index contributed by atoms with van der Waals surface area (Å²) in [5.41, 5.74) is 1.28. The molecule has 0 unspecified atom stereocenters. The van der Waals surface area contributed by atoms with Crippen LogP contribution in [0, 0.1) is 24.2 Å². The predicted molar refractivity (Wildman–Crippen MR) is 117 cm³/mol. The Kier molecular flexibility index (Phi) is 6.26. The van der Waals surface area contributed by atoms with Crippen molar-refractivity contribution >= 4 is 58.0 Å². The third kappa shape index (κ3) is 4.38. The van der Waals surface area contributed by atoms with Gasteiger partial charge in [0.05, 0.1) is 5.69 Å². The smallest absolute Gasteiger partial charge is 0.266 e. The molecule has 0 radical (unpaired) electrons. The minimum absolute atomic E-state index is 0.0712. The van der Waals surface area contributed by atoms with Crippen molar-refractivity contribution in [3.63, 3.8) is 0 Å². The van der Waals surface area contributed by atoms with E-state index in [1.54, 1.807) is 48.5 Å². The molecular weight excluding hydrogens is 424 g/mol. The molecule has 30 heavy (non-hydrogen) atoms. The van der Waals surface area contributed by atoms with Crippen LogP contribution in [0.1, 0.15) is 5.56 Å². The molecule has 0 aromatic heterocycles. The van der Waals surface area contributed by atoms with Gasteiger partial charge in [-0.3, -0.25) is 19.3 Å². The van der Waals surface area contributed by atoms with Gasteiger partial charge in [-0.2, -0.15) is 5.26 Å². The van der Waals surface area contributed by atoms with E-state index in [0.717, 1.165) is 16.5 Å². The quantitative estimate of drug-likeness (QED) is 0.330. The number of carbonyl (C=O) groups excluding carboxylic acids is 3. The summed E-state index contributed by atoms with van der Waals surface area (Å²) in [6, 6.07) is 15.1. The lowest BCUT2D eigenvalue weighted by Gasteiger charge is -2.31. The van der Waals surface area contributed by atoms with E-state index in [9.17, 15) is 19.6 Å². The maximum atomic E-state index is 12.9. The molecule has 3 amide bonds. The fraction of sp³-hybridized carbons (Fsp3) is 0.0952. The first-order chi connectivity index (χ1) is 14.3. The van der Waals surface area contributed by atoms with Crippen LogP contribution in [0.3, 0.4) is 0 Å². The second-order valence-electron chi connectivity index (χ2n) is 6.39. The van der Waals surface area contributed by atoms with Gasteiger partial charge < -0.3 is 10.6 Å². The van der Waals surface area contributed by atoms with Gasteiger partial charge in [0.2, 0.25) is 11.8 Å². The van der Waals surface area contributed by atoms with Crippen molar-refractivity contribution in [3.8, 4) is 6.07 Å². The number of amides is 3. The number of aryl methyl sites for hydroxylation is 1. The van der Waals surface area contributed by atoms with Gasteiger partial charge in [-0.05, 0) is 55.0 Å². The van der Waals surface area contributed by atoms with Crippen molar-refractivity contribution in [2.24, 2.45) is 5.92 Å². The molecule has 1 heterocycles. The number of hydrogen-bond acceptors (Lipinski definition) is 5. The Morgan fingerprint density at radius 3 is 2.60 bits per heavy atom. The molecule has 2 N–H and O–H groups in total. The van der Waals surface area contributed by atoms with Gasteiger partial charge in [0, 0.05) is 10.7 Å². The summed E-state index contributed by atoms with van der Waals surface area (Å²) in [5, 5.41) is 14.8. The zero-order chi connectivity index (χ0) is 21.8. The minimum Gasteiger partial charge on any atom is -0.321 e. The zero-order valence-corrected chi connectivity index (χ0v) is 17.3. The second-order valence-corrected chi connectivity index (χ2v) is 7.19. The van der Waals surface area contributed by atoms with E-state index in [1.165, 1.54) is 6.07 Å². The topological polar surface area (TPSA) is 102 Å². The van der Waals surface area contributed by atoms with Gasteiger partial charge in [-0.1, -0.05) is 35.9 Å². The highest BCUT2D eigenvalue weighted by atomic mass is 35.5. The largest absolute Gasteiger partial charge is 0.321 e. The lowest BCUT2D eigenvalue weighted by Crippen LogP contribution is -2.57. The third-order valence-corrected chi connectivity index (χ3v) is 5.04. The highest BCUT2D eigenvalue weighted by Gasteiger charge is 2.38. The third-order valence-electron chi connectivity index (χ3n) is 4.34. The molecule has 1 fully saturated rings. The minimum atomic E-state index is -1.39. The highest BCUT2D eigenvalue weighted by molar-refractivity contribution is 7.80. The molecule has 1 aliphatic rings. The van der Waals surface area contributed by atoms with E-state index >= 15 is 0 Å². The van der Waals surface area contributed by atoms with E-state index in [2.05, 4.69) is 10.6 Å². The molecule has 1 saturated heterocycles. The number of halogens is 1. The number of anilines is 2. The molecule has 0 spiro atoms. The van der Waals surface area contributed by atoms with E-state index in [4.69, 9.17) is 23.8 Å². The van der Waals surface area contributed by atoms with Crippen molar-refractivity contribution in [2.45, 2.75) is 6.92 Å². The molecule has 2 aromatic rings. The van der Waals surface area contributed by atoms with Crippen molar-refractivity contribution in [3.05, 3.63) is 70.8 Å². The van der Waals surface area contributed by atoms with Gasteiger partial charge in [-0.15, -0.1) is 0 Å². The van der Waals surface area contributed by atoms with E-state index in [1.807, 2.05) is 6.92 Å². The zero-order valence-electron chi connectivity index (χ0n) is 15.7. The Labute approximate surface area is 182 Å². The van der Waals surface area contributed by atoms with Crippen LogP contribution in [0.15, 0.2) is 60.2 Å². The summed E-state index contributed by atoms with van der Waals surface area (Å²) in [5.74, 6) is -3.53. The van der Waals surface area contributed by atoms with Crippen LogP contribution in [0.25, 0.3) is 0 Å². The molecule has 3 rings (SSSR count). The number of carbonyl (C=O) groups is 3. The summed E-state index contributed by atoms with van der Waals surface area (Å²) < 4.78 is 0. The maximum Gasteiger partial charge on any atom is 0.266 e. The first-order valence-corrected chi connectivity index (χ1v) is 9.53. The molecule has 0 saturated carbocycles. The van der Waals surface area contributed by atoms with Crippen molar-refractivity contribution in [2.75, 3.05) is 10.2 Å². The number of nitrogens with one attached hydrogen (secondary N) is 2. The van der Waals surface area contributed by atoms with Crippen LogP contribution in [0.2, 0.25) is 5.02 Å². The normalized spacial score (nSPS) is 16.7. The SMILES string of the molecule is Cc1ccc(NC(=O)/C(C#N)=C/[C@H]2C(=O)NC(=S)N(c3ccccc3)C2=O)cc1Cl. The molecule has 1 atom stereocenters. The van der Waals surface area contributed by atoms with Crippen molar-refractivity contribution in [1.29, 1.82) is 5.26 Å². The fourth-order valence-corrected chi connectivity index (χ4v) is 3.23. The van der Waals surface area contributed by atoms with Crippen molar-refractivity contribution in [1.82, 2.24) is 5.32 Å². The Morgan fingerprint density at radius 2 is 1.97 bits per heavy atom. The number of para-hydroxylation sites is 1. The number of benzene rings is 2. The first kappa shape index (κ1) is 21.2. The van der Waals surface area contributed by atoms with Gasteiger partial charge in [0.25, 0.3) is 5.91 Å². The molecule has 0 aliphatic carbocycles. The molecule has 7 nitrogen and oxygen atoms in total. The van der Waals surface area contributed by atoms with E-state index in [-0.39, 0.29) is 10.7 Å². The average molecular weight is 439 g/mol. The summed E-state index contributed by atoms with van der Waals surface area (Å²) in [4.78, 5) is 39.0. The number of nitrogens with zero attached hydrogens (tertiary/aromatic N) is 2. The standard InChI is InChI=1S/C21H15ClN4O3S/c1-12-7-8-14(10-17(12)22)24-18(27)13(11-23)9-16-19(28)25-21(30)26(20(16)29)15-5-3-2-4-6-15/h2-10,16H,1H3,(H,24,27)(H,25,28,30)/b13-9+/t16-/m0/s1. The Hall–Kier alpha value is -3.54. The molecule has 150 valence electrons. The number of hydrogen-bond donors (Lipinski definition) is 2. The van der Waals surface area contributed by atoms with Gasteiger partial charge in [0.1, 0.15) is 17.6 Å².